The van der Waals surface area contributed by atoms with Gasteiger partial charge in [-0.2, -0.15) is 0 Å². The molecule has 3 aliphatic rings. The number of carbonyl (C=O) groups is 1. The molecule has 6 rings (SSSR count). The Hall–Kier alpha value is -3.61. The highest BCUT2D eigenvalue weighted by atomic mass is 32.2. The number of methoxy groups -OCH3 is 1. The van der Waals surface area contributed by atoms with Crippen LogP contribution in [0.25, 0.3) is 10.9 Å². The summed E-state index contributed by atoms with van der Waals surface area (Å²) >= 11 is 0. The van der Waals surface area contributed by atoms with Crippen LogP contribution in [0.1, 0.15) is 61.6 Å². The highest BCUT2D eigenvalue weighted by Gasteiger charge is 2.43. The topological polar surface area (TPSA) is 116 Å². The van der Waals surface area contributed by atoms with E-state index < -0.39 is 21.4 Å². The van der Waals surface area contributed by atoms with E-state index in [1.165, 1.54) is 34.3 Å². The molecule has 1 atom stereocenters. The monoisotopic (exact) mass is 573 g/mol. The smallest absolute Gasteiger partial charge is 0.280 e. The molecular formula is C27H32FN5O6S. The number of fused-ring (bicyclic) bond motifs is 7. The second-order valence-electron chi connectivity index (χ2n) is 10.6. The first-order valence-corrected chi connectivity index (χ1v) is 15.2. The maximum atomic E-state index is 14.1. The third-order valence-electron chi connectivity index (χ3n) is 7.83. The lowest BCUT2D eigenvalue weighted by Gasteiger charge is -2.33. The zero-order valence-electron chi connectivity index (χ0n) is 22.7. The largest absolute Gasteiger partial charge is 0.493 e. The maximum absolute atomic E-state index is 14.1. The number of anilines is 1. The fourth-order valence-electron chi connectivity index (χ4n) is 5.79. The molecule has 2 aromatic heterocycles. The van der Waals surface area contributed by atoms with E-state index in [0.717, 1.165) is 0 Å². The van der Waals surface area contributed by atoms with E-state index in [4.69, 9.17) is 9.47 Å². The lowest BCUT2D eigenvalue weighted by atomic mass is 10.2. The molecule has 1 fully saturated rings. The van der Waals surface area contributed by atoms with Gasteiger partial charge in [-0.15, -0.1) is 5.10 Å². The van der Waals surface area contributed by atoms with Gasteiger partial charge in [0.25, 0.3) is 11.5 Å². The number of ether oxygens (including phenoxy) is 2. The summed E-state index contributed by atoms with van der Waals surface area (Å²) in [6, 6.07) is 3.50. The summed E-state index contributed by atoms with van der Waals surface area (Å²) in [5.41, 5.74) is 0.464. The number of hydrogen-bond acceptors (Lipinski definition) is 7. The van der Waals surface area contributed by atoms with E-state index in [9.17, 15) is 22.4 Å². The van der Waals surface area contributed by atoms with E-state index in [-0.39, 0.29) is 70.8 Å². The molecule has 0 unspecified atom stereocenters. The minimum Gasteiger partial charge on any atom is -0.493 e. The number of hydrogen-bond donors (Lipinski definition) is 0. The minimum atomic E-state index is -3.86. The van der Waals surface area contributed by atoms with Gasteiger partial charge in [-0.1, -0.05) is 6.07 Å². The van der Waals surface area contributed by atoms with Gasteiger partial charge in [0.2, 0.25) is 10.0 Å². The SMILES string of the molecule is CCN1C[C@H](C)n2c(c(OC)c3c(=O)n4nc(c32)N(C2CC2)S(=O)(=O)CCCCOc2cc(F)ccc2C4)C1=O. The number of sulfonamides is 1. The van der Waals surface area contributed by atoms with Crippen molar-refractivity contribution in [1.29, 1.82) is 0 Å². The molecule has 1 saturated carbocycles. The van der Waals surface area contributed by atoms with Crippen LogP contribution in [0.3, 0.4) is 0 Å². The van der Waals surface area contributed by atoms with Gasteiger partial charge < -0.3 is 18.9 Å². The highest BCUT2D eigenvalue weighted by molar-refractivity contribution is 7.92. The van der Waals surface area contributed by atoms with Crippen molar-refractivity contribution < 1.29 is 27.1 Å². The van der Waals surface area contributed by atoms with Crippen LogP contribution in [0.4, 0.5) is 10.2 Å². The molecule has 2 aliphatic heterocycles. The average molecular weight is 574 g/mol. The predicted molar refractivity (Wildman–Crippen MR) is 146 cm³/mol. The van der Waals surface area contributed by atoms with Crippen molar-refractivity contribution in [2.45, 2.75) is 58.2 Å². The Morgan fingerprint density at radius 3 is 2.67 bits per heavy atom. The van der Waals surface area contributed by atoms with E-state index in [0.29, 0.717) is 44.3 Å². The van der Waals surface area contributed by atoms with Crippen molar-refractivity contribution >= 4 is 32.7 Å². The summed E-state index contributed by atoms with van der Waals surface area (Å²) in [6.45, 7) is 4.77. The Kier molecular flexibility index (Phi) is 6.51. The third-order valence-corrected chi connectivity index (χ3v) is 9.70. The first-order chi connectivity index (χ1) is 19.2. The van der Waals surface area contributed by atoms with Gasteiger partial charge in [0.1, 0.15) is 22.5 Å². The summed E-state index contributed by atoms with van der Waals surface area (Å²) in [5.74, 6) is -0.460. The van der Waals surface area contributed by atoms with Crippen LogP contribution in [-0.4, -0.2) is 72.2 Å². The lowest BCUT2D eigenvalue weighted by Crippen LogP contribution is -2.42. The van der Waals surface area contributed by atoms with Crippen LogP contribution >= 0.6 is 0 Å². The molecule has 1 amide bonds. The second kappa shape index (κ2) is 9.79. The Morgan fingerprint density at radius 2 is 1.98 bits per heavy atom. The van der Waals surface area contributed by atoms with Crippen LogP contribution in [-0.2, 0) is 16.6 Å². The molecule has 0 saturated heterocycles. The molecule has 3 aromatic rings. The zero-order chi connectivity index (χ0) is 28.3. The second-order valence-corrected chi connectivity index (χ2v) is 12.6. The highest BCUT2D eigenvalue weighted by Crippen LogP contribution is 2.44. The number of rotatable bonds is 3. The Balaban J connectivity index is 1.71. The molecule has 13 heteroatoms. The molecule has 0 spiro atoms. The molecule has 40 heavy (non-hydrogen) atoms. The summed E-state index contributed by atoms with van der Waals surface area (Å²) < 4.78 is 57.7. The van der Waals surface area contributed by atoms with E-state index in [1.54, 1.807) is 9.47 Å². The molecule has 4 heterocycles. The number of likely N-dealkylation sites (N-methyl/N-ethyl adjacent to an activating group) is 1. The summed E-state index contributed by atoms with van der Waals surface area (Å²) in [4.78, 5) is 29.4. The van der Waals surface area contributed by atoms with E-state index >= 15 is 0 Å². The van der Waals surface area contributed by atoms with E-state index in [1.807, 2.05) is 13.8 Å². The van der Waals surface area contributed by atoms with Crippen LogP contribution in [0.5, 0.6) is 11.5 Å². The molecular weight excluding hydrogens is 541 g/mol. The predicted octanol–water partition coefficient (Wildman–Crippen LogP) is 2.90. The van der Waals surface area contributed by atoms with Gasteiger partial charge in [0, 0.05) is 36.8 Å². The molecule has 1 aromatic carbocycles. The Morgan fingerprint density at radius 1 is 1.20 bits per heavy atom. The van der Waals surface area contributed by atoms with Crippen molar-refractivity contribution in [1.82, 2.24) is 19.2 Å². The first-order valence-electron chi connectivity index (χ1n) is 13.6. The zero-order valence-corrected chi connectivity index (χ0v) is 23.5. The minimum absolute atomic E-state index is 0.0931. The lowest BCUT2D eigenvalue weighted by molar-refractivity contribution is 0.0685. The van der Waals surface area contributed by atoms with Crippen LogP contribution in [0, 0.1) is 5.82 Å². The third kappa shape index (κ3) is 4.21. The molecule has 1 aliphatic carbocycles. The number of carbonyl (C=O) groups excluding carboxylic acids is 1. The summed E-state index contributed by atoms with van der Waals surface area (Å²) in [6.07, 6.45) is 2.10. The normalized spacial score (nSPS) is 21.1. The van der Waals surface area contributed by atoms with Crippen molar-refractivity contribution in [3.05, 3.63) is 45.6 Å². The quantitative estimate of drug-likeness (QED) is 0.473. The van der Waals surface area contributed by atoms with Crippen LogP contribution < -0.4 is 19.3 Å². The Bertz CT molecular complexity index is 1680. The number of benzene rings is 1. The summed E-state index contributed by atoms with van der Waals surface area (Å²) in [5, 5.41) is 4.78. The Labute approximate surface area is 231 Å². The number of aromatic nitrogens is 3. The van der Waals surface area contributed by atoms with Crippen molar-refractivity contribution in [3.8, 4) is 11.5 Å². The summed E-state index contributed by atoms with van der Waals surface area (Å²) in [7, 11) is -2.46. The van der Waals surface area contributed by atoms with Gasteiger partial charge >= 0.3 is 0 Å². The van der Waals surface area contributed by atoms with Crippen molar-refractivity contribution in [3.63, 3.8) is 0 Å². The van der Waals surface area contributed by atoms with Crippen molar-refractivity contribution in [2.24, 2.45) is 0 Å². The maximum Gasteiger partial charge on any atom is 0.280 e. The van der Waals surface area contributed by atoms with Gasteiger partial charge in [-0.25, -0.2) is 21.8 Å². The van der Waals surface area contributed by atoms with Crippen LogP contribution in [0.15, 0.2) is 23.0 Å². The average Bonchev–Trinajstić information content (AvgIpc) is 3.67. The van der Waals surface area contributed by atoms with E-state index in [2.05, 4.69) is 5.10 Å². The van der Waals surface area contributed by atoms with Crippen LogP contribution in [0.2, 0.25) is 0 Å². The van der Waals surface area contributed by atoms with Crippen molar-refractivity contribution in [2.75, 3.05) is 36.9 Å². The fraction of sp³-hybridized carbons (Fsp3) is 0.519. The van der Waals surface area contributed by atoms with Gasteiger partial charge in [0.05, 0.1) is 26.0 Å². The molecule has 214 valence electrons. The van der Waals surface area contributed by atoms with Gasteiger partial charge in [-0.3, -0.25) is 9.59 Å². The molecule has 0 radical (unpaired) electrons. The molecule has 2 bridgehead atoms. The standard InChI is InChI=1S/C27H32FN5O6S/c1-4-30-14-16(2)32-22-21(24(38-3)23(32)27(30)35)26(34)31-15-17-7-8-18(28)13-20(17)39-11-5-6-12-40(36,37)33(19-9-10-19)25(22)29-31/h7-8,13,16,19H,4-6,9-12,14-15H2,1-3H3/t16-/m0/s1. The van der Waals surface area contributed by atoms with Gasteiger partial charge in [-0.05, 0) is 45.6 Å². The number of amides is 1. The first kappa shape index (κ1) is 26.6. The molecule has 0 N–H and O–H groups in total. The molecule has 11 nitrogen and oxygen atoms in total. The fourth-order valence-corrected chi connectivity index (χ4v) is 7.60. The number of nitrogens with zero attached hydrogens (tertiary/aromatic N) is 5. The van der Waals surface area contributed by atoms with Gasteiger partial charge in [0.15, 0.2) is 17.3 Å². The number of halogens is 1.